The number of nitrogens with zero attached hydrogens (tertiary/aromatic N) is 5. The van der Waals surface area contributed by atoms with Crippen LogP contribution in [0.1, 0.15) is 30.7 Å². The summed E-state index contributed by atoms with van der Waals surface area (Å²) in [6, 6.07) is 5.18. The van der Waals surface area contributed by atoms with E-state index in [4.69, 9.17) is 4.74 Å². The highest BCUT2D eigenvalue weighted by atomic mass is 16.5. The van der Waals surface area contributed by atoms with Crippen molar-refractivity contribution in [1.29, 1.82) is 0 Å². The second-order valence-corrected chi connectivity index (χ2v) is 7.28. The van der Waals surface area contributed by atoms with Gasteiger partial charge in [-0.2, -0.15) is 15.0 Å². The summed E-state index contributed by atoms with van der Waals surface area (Å²) in [4.78, 5) is 30.0. The highest BCUT2D eigenvalue weighted by Crippen LogP contribution is 2.21. The van der Waals surface area contributed by atoms with Gasteiger partial charge in [-0.1, -0.05) is 0 Å². The lowest BCUT2D eigenvalue weighted by Gasteiger charge is -2.27. The number of carbonyl (C=O) groups is 1. The maximum absolute atomic E-state index is 12.4. The van der Waals surface area contributed by atoms with Crippen LogP contribution in [0, 0.1) is 6.92 Å². The molecule has 2 aromatic rings. The molecule has 2 heterocycles. The van der Waals surface area contributed by atoms with Crippen molar-refractivity contribution in [2.75, 3.05) is 49.4 Å². The summed E-state index contributed by atoms with van der Waals surface area (Å²) in [5.74, 6) is 2.54. The number of urea groups is 1. The average molecular weight is 399 g/mol. The number of hydrogen-bond donors (Lipinski definition) is 2. The SMILES string of the molecule is COc1ccc(NC(=O)NCc2nc(N(C)C)nc(N3CCCCC3)n2)c(C)c1. The summed E-state index contributed by atoms with van der Waals surface area (Å²) < 4.78 is 5.19. The number of methoxy groups -OCH3 is 1. The highest BCUT2D eigenvalue weighted by Gasteiger charge is 2.17. The van der Waals surface area contributed by atoms with Crippen LogP contribution in [0.25, 0.3) is 0 Å². The van der Waals surface area contributed by atoms with Crippen LogP contribution in [0.15, 0.2) is 18.2 Å². The number of carbonyl (C=O) groups excluding carboxylic acids is 1. The molecule has 1 aromatic heterocycles. The van der Waals surface area contributed by atoms with Gasteiger partial charge in [-0.25, -0.2) is 4.79 Å². The van der Waals surface area contributed by atoms with E-state index in [-0.39, 0.29) is 12.6 Å². The molecule has 0 bridgehead atoms. The minimum absolute atomic E-state index is 0.214. The van der Waals surface area contributed by atoms with Gasteiger partial charge in [0.25, 0.3) is 0 Å². The quantitative estimate of drug-likeness (QED) is 0.771. The summed E-state index contributed by atoms with van der Waals surface area (Å²) in [6.45, 7) is 4.02. The van der Waals surface area contributed by atoms with Crippen LogP contribution in [0.2, 0.25) is 0 Å². The van der Waals surface area contributed by atoms with Gasteiger partial charge in [0.1, 0.15) is 5.75 Å². The van der Waals surface area contributed by atoms with Gasteiger partial charge >= 0.3 is 6.03 Å². The molecule has 0 aliphatic carbocycles. The molecule has 29 heavy (non-hydrogen) atoms. The Morgan fingerprint density at radius 1 is 1.17 bits per heavy atom. The van der Waals surface area contributed by atoms with Crippen molar-refractivity contribution in [3.8, 4) is 5.75 Å². The number of piperidine rings is 1. The van der Waals surface area contributed by atoms with Crippen LogP contribution in [-0.4, -0.2) is 55.3 Å². The molecular formula is C20H29N7O2. The molecule has 2 N–H and O–H groups in total. The lowest BCUT2D eigenvalue weighted by Crippen LogP contribution is -2.33. The maximum atomic E-state index is 12.4. The molecule has 1 aliphatic heterocycles. The molecule has 0 saturated carbocycles. The number of aromatic nitrogens is 3. The summed E-state index contributed by atoms with van der Waals surface area (Å²) >= 11 is 0. The Labute approximate surface area is 171 Å². The third-order valence-corrected chi connectivity index (χ3v) is 4.79. The van der Waals surface area contributed by atoms with Gasteiger partial charge in [-0.15, -0.1) is 0 Å². The van der Waals surface area contributed by atoms with Crippen molar-refractivity contribution < 1.29 is 9.53 Å². The molecule has 1 fully saturated rings. The van der Waals surface area contributed by atoms with E-state index in [9.17, 15) is 4.79 Å². The summed E-state index contributed by atoms with van der Waals surface area (Å²) in [7, 11) is 5.40. The standard InChI is InChI=1S/C20H29N7O2/c1-14-12-15(29-4)8-9-16(14)22-20(28)21-13-17-23-18(26(2)3)25-19(24-17)27-10-6-5-7-11-27/h8-9,12H,5-7,10-11,13H2,1-4H3,(H2,21,22,28). The van der Waals surface area contributed by atoms with Crippen LogP contribution in [-0.2, 0) is 6.54 Å². The largest absolute Gasteiger partial charge is 0.497 e. The topological polar surface area (TPSA) is 95.5 Å². The first-order valence-corrected chi connectivity index (χ1v) is 9.83. The predicted molar refractivity (Wildman–Crippen MR) is 114 cm³/mol. The zero-order valence-electron chi connectivity index (χ0n) is 17.5. The first-order valence-electron chi connectivity index (χ1n) is 9.83. The fourth-order valence-corrected chi connectivity index (χ4v) is 3.14. The Morgan fingerprint density at radius 2 is 1.93 bits per heavy atom. The molecular weight excluding hydrogens is 370 g/mol. The summed E-state index contributed by atoms with van der Waals surface area (Å²) in [5, 5.41) is 5.68. The number of amides is 2. The van der Waals surface area contributed by atoms with Crippen molar-refractivity contribution in [2.24, 2.45) is 0 Å². The highest BCUT2D eigenvalue weighted by molar-refractivity contribution is 5.90. The Balaban J connectivity index is 1.67. The van der Waals surface area contributed by atoms with Gasteiger partial charge in [-0.05, 0) is 49.9 Å². The zero-order valence-corrected chi connectivity index (χ0v) is 17.5. The number of aryl methyl sites for hydroxylation is 1. The van der Waals surface area contributed by atoms with Gasteiger partial charge in [0.15, 0.2) is 5.82 Å². The fourth-order valence-electron chi connectivity index (χ4n) is 3.14. The van der Waals surface area contributed by atoms with Crippen LogP contribution >= 0.6 is 0 Å². The number of benzene rings is 1. The molecule has 9 nitrogen and oxygen atoms in total. The van der Waals surface area contributed by atoms with Gasteiger partial charge in [0.05, 0.1) is 13.7 Å². The van der Waals surface area contributed by atoms with Gasteiger partial charge in [0, 0.05) is 32.9 Å². The molecule has 9 heteroatoms. The second-order valence-electron chi connectivity index (χ2n) is 7.28. The normalized spacial score (nSPS) is 13.7. The average Bonchev–Trinajstić information content (AvgIpc) is 2.74. The van der Waals surface area contributed by atoms with Crippen LogP contribution in [0.4, 0.5) is 22.4 Å². The van der Waals surface area contributed by atoms with E-state index in [0.29, 0.717) is 17.7 Å². The number of rotatable bonds is 6. The van der Waals surface area contributed by atoms with E-state index in [2.05, 4.69) is 30.5 Å². The lowest BCUT2D eigenvalue weighted by molar-refractivity contribution is 0.251. The Hall–Kier alpha value is -3.10. The monoisotopic (exact) mass is 399 g/mol. The number of anilines is 3. The van der Waals surface area contributed by atoms with Crippen molar-refractivity contribution in [2.45, 2.75) is 32.7 Å². The molecule has 0 unspecified atom stereocenters. The molecule has 0 radical (unpaired) electrons. The third kappa shape index (κ3) is 5.46. The van der Waals surface area contributed by atoms with Crippen molar-refractivity contribution in [3.05, 3.63) is 29.6 Å². The van der Waals surface area contributed by atoms with Gasteiger partial charge in [0.2, 0.25) is 11.9 Å². The van der Waals surface area contributed by atoms with Gasteiger partial charge < -0.3 is 25.2 Å². The predicted octanol–water partition coefficient (Wildman–Crippen LogP) is 2.57. The smallest absolute Gasteiger partial charge is 0.319 e. The zero-order chi connectivity index (χ0) is 20.8. The molecule has 3 rings (SSSR count). The van der Waals surface area contributed by atoms with Gasteiger partial charge in [-0.3, -0.25) is 0 Å². The number of ether oxygens (including phenoxy) is 1. The fraction of sp³-hybridized carbons (Fsp3) is 0.500. The molecule has 1 saturated heterocycles. The van der Waals surface area contributed by atoms with Crippen LogP contribution in [0.3, 0.4) is 0 Å². The van der Waals surface area contributed by atoms with E-state index >= 15 is 0 Å². The molecule has 0 atom stereocenters. The summed E-state index contributed by atoms with van der Waals surface area (Å²) in [6.07, 6.45) is 3.52. The molecule has 1 aromatic carbocycles. The maximum Gasteiger partial charge on any atom is 0.319 e. The number of hydrogen-bond acceptors (Lipinski definition) is 7. The van der Waals surface area contributed by atoms with Crippen molar-refractivity contribution in [3.63, 3.8) is 0 Å². The van der Waals surface area contributed by atoms with E-state index < -0.39 is 0 Å². The minimum atomic E-state index is -0.315. The van der Waals surface area contributed by atoms with E-state index in [1.165, 1.54) is 6.42 Å². The molecule has 0 spiro atoms. The Kier molecular flexibility index (Phi) is 6.69. The van der Waals surface area contributed by atoms with Crippen LogP contribution < -0.4 is 25.2 Å². The van der Waals surface area contributed by atoms with Crippen LogP contribution in [0.5, 0.6) is 5.75 Å². The first-order chi connectivity index (χ1) is 14.0. The van der Waals surface area contributed by atoms with Crippen molar-refractivity contribution in [1.82, 2.24) is 20.3 Å². The Bertz CT molecular complexity index is 851. The first kappa shape index (κ1) is 20.6. The summed E-state index contributed by atoms with van der Waals surface area (Å²) in [5.41, 5.74) is 1.64. The van der Waals surface area contributed by atoms with E-state index in [1.807, 2.05) is 44.1 Å². The Morgan fingerprint density at radius 3 is 2.59 bits per heavy atom. The molecule has 156 valence electrons. The van der Waals surface area contributed by atoms with E-state index in [0.717, 1.165) is 42.9 Å². The number of nitrogens with one attached hydrogen (secondary N) is 2. The molecule has 2 amide bonds. The minimum Gasteiger partial charge on any atom is -0.497 e. The lowest BCUT2D eigenvalue weighted by atomic mass is 10.1. The third-order valence-electron chi connectivity index (χ3n) is 4.79. The van der Waals surface area contributed by atoms with Crippen molar-refractivity contribution >= 4 is 23.6 Å². The van der Waals surface area contributed by atoms with E-state index in [1.54, 1.807) is 7.11 Å². The molecule has 1 aliphatic rings. The second kappa shape index (κ2) is 9.40.